The Morgan fingerprint density at radius 1 is 0.745 bits per heavy atom. The summed E-state index contributed by atoms with van der Waals surface area (Å²) in [7, 11) is -14.7. The lowest BCUT2D eigenvalue weighted by Gasteiger charge is -2.12. The van der Waals surface area contributed by atoms with E-state index < -0.39 is 51.0 Å². The van der Waals surface area contributed by atoms with Crippen molar-refractivity contribution < 1.29 is 53.4 Å². The highest BCUT2D eigenvalue weighted by atomic mass is 32.2. The van der Waals surface area contributed by atoms with E-state index in [0.29, 0.717) is 0 Å². The summed E-state index contributed by atoms with van der Waals surface area (Å²) in [6.45, 7) is 0. The van der Waals surface area contributed by atoms with Crippen molar-refractivity contribution >= 4 is 86.8 Å². The number of benzene rings is 4. The second-order valence-electron chi connectivity index (χ2n) is 10.5. The molecule has 0 spiro atoms. The maximum Gasteiger partial charge on any atom is 0.444 e. The van der Waals surface area contributed by atoms with Gasteiger partial charge < -0.3 is 21.0 Å². The van der Waals surface area contributed by atoms with Crippen molar-refractivity contribution in [1.29, 1.82) is 0 Å². The van der Waals surface area contributed by atoms with E-state index in [9.17, 15) is 48.8 Å². The molecule has 22 heteroatoms. The normalized spacial score (nSPS) is 12.5. The van der Waals surface area contributed by atoms with Crippen LogP contribution in [-0.2, 0) is 30.4 Å². The fourth-order valence-electron chi connectivity index (χ4n) is 5.07. The standard InChI is InChI=1S/C29H20N8O11S3/c30-27-32-28(34-29(33-27)37-11-3-4-15(14-37)26(38)39)31-21-10-9-20(18-6-2-8-23(25(18)21)50(43,44)45)36-35-16-12-19-17(24(13-16)51(46,47)48)5-1-7-22(19)49(40,41)42/h1-14H,(H6-,30,31,32,33,34,35,38,39,40,41,42,43,44,45,46,47,48). The summed E-state index contributed by atoms with van der Waals surface area (Å²) < 4.78 is 104. The van der Waals surface area contributed by atoms with Crippen molar-refractivity contribution in [3.8, 4) is 5.95 Å². The number of azo groups is 1. The Labute approximate surface area is 287 Å². The molecule has 260 valence electrons. The van der Waals surface area contributed by atoms with Gasteiger partial charge in [-0.15, -0.1) is 10.1 Å². The fraction of sp³-hybridized carbons (Fsp3) is 0. The third-order valence-electron chi connectivity index (χ3n) is 7.14. The maximum absolute atomic E-state index is 12.5. The number of carboxylic acid groups (broad SMARTS) is 1. The highest BCUT2D eigenvalue weighted by Gasteiger charge is 2.24. The quantitative estimate of drug-likeness (QED) is 0.0803. The third kappa shape index (κ3) is 7.16. The van der Waals surface area contributed by atoms with Gasteiger partial charge in [-0.2, -0.15) is 30.4 Å². The van der Waals surface area contributed by atoms with Crippen LogP contribution in [0.1, 0.15) is 10.4 Å². The summed E-state index contributed by atoms with van der Waals surface area (Å²) >= 11 is 0. The average Bonchev–Trinajstić information content (AvgIpc) is 3.05. The van der Waals surface area contributed by atoms with Gasteiger partial charge in [-0.3, -0.25) is 13.7 Å². The van der Waals surface area contributed by atoms with Crippen molar-refractivity contribution in [2.45, 2.75) is 14.7 Å². The van der Waals surface area contributed by atoms with Gasteiger partial charge in [0.1, 0.15) is 14.7 Å². The van der Waals surface area contributed by atoms with E-state index in [1.54, 1.807) is 0 Å². The zero-order valence-corrected chi connectivity index (χ0v) is 27.6. The zero-order chi connectivity index (χ0) is 36.9. The van der Waals surface area contributed by atoms with E-state index in [2.05, 4.69) is 30.5 Å². The Hall–Kier alpha value is -6.04. The summed E-state index contributed by atoms with van der Waals surface area (Å²) in [5.41, 5.74) is 5.35. The zero-order valence-electron chi connectivity index (χ0n) is 25.2. The van der Waals surface area contributed by atoms with Crippen LogP contribution in [0.15, 0.2) is 110 Å². The van der Waals surface area contributed by atoms with Gasteiger partial charge in [0.25, 0.3) is 30.4 Å². The molecule has 2 aromatic heterocycles. The second kappa shape index (κ2) is 12.7. The third-order valence-corrected chi connectivity index (χ3v) is 9.85. The van der Waals surface area contributed by atoms with Crippen LogP contribution >= 0.6 is 0 Å². The Bertz CT molecular complexity index is 2820. The van der Waals surface area contributed by atoms with Gasteiger partial charge in [0, 0.05) is 27.1 Å². The molecule has 0 saturated carbocycles. The number of carboxylic acids is 1. The molecule has 0 atom stereocenters. The number of aromatic nitrogens is 4. The minimum Gasteiger partial charge on any atom is -0.545 e. The van der Waals surface area contributed by atoms with E-state index in [4.69, 9.17) is 5.73 Å². The first-order valence-electron chi connectivity index (χ1n) is 13.9. The van der Waals surface area contributed by atoms with Crippen molar-refractivity contribution in [2.24, 2.45) is 10.2 Å². The van der Waals surface area contributed by atoms with Gasteiger partial charge in [-0.1, -0.05) is 24.3 Å². The molecule has 0 bridgehead atoms. The van der Waals surface area contributed by atoms with E-state index in [0.717, 1.165) is 36.5 Å². The smallest absolute Gasteiger partial charge is 0.444 e. The average molecular weight is 753 g/mol. The van der Waals surface area contributed by atoms with E-state index in [1.165, 1.54) is 53.2 Å². The summed E-state index contributed by atoms with van der Waals surface area (Å²) in [5.74, 6) is -2.13. The molecule has 19 nitrogen and oxygen atoms in total. The van der Waals surface area contributed by atoms with Gasteiger partial charge in [0.05, 0.1) is 35.4 Å². The molecule has 6 aromatic rings. The number of nitrogens with two attached hydrogens (primary N) is 1. The molecular formula is C29H20N8O11S3. The van der Waals surface area contributed by atoms with Gasteiger partial charge in [-0.25, -0.2) is 4.57 Å². The van der Waals surface area contributed by atoms with Crippen LogP contribution in [-0.4, -0.2) is 59.8 Å². The number of hydrogen-bond donors (Lipinski definition) is 5. The predicted octanol–water partition coefficient (Wildman–Crippen LogP) is 2.30. The van der Waals surface area contributed by atoms with Crippen molar-refractivity contribution in [3.05, 3.63) is 90.8 Å². The number of aromatic carboxylic acids is 1. The maximum atomic E-state index is 12.5. The van der Waals surface area contributed by atoms with Crippen molar-refractivity contribution in [2.75, 3.05) is 11.1 Å². The van der Waals surface area contributed by atoms with Crippen molar-refractivity contribution in [1.82, 2.24) is 15.0 Å². The largest absolute Gasteiger partial charge is 0.545 e. The molecule has 0 aliphatic heterocycles. The lowest BCUT2D eigenvalue weighted by atomic mass is 10.1. The van der Waals surface area contributed by atoms with Crippen LogP contribution in [0.5, 0.6) is 0 Å². The number of anilines is 3. The van der Waals surface area contributed by atoms with Crippen LogP contribution in [0, 0.1) is 0 Å². The van der Waals surface area contributed by atoms with Crippen LogP contribution < -0.4 is 20.7 Å². The molecular weight excluding hydrogens is 733 g/mol. The van der Waals surface area contributed by atoms with Gasteiger partial charge in [-0.05, 0) is 58.5 Å². The molecule has 6 rings (SSSR count). The van der Waals surface area contributed by atoms with E-state index in [-0.39, 0.29) is 62.0 Å². The molecule has 0 radical (unpaired) electrons. The number of carbonyl (C=O) groups excluding carboxylic acids is 1. The molecule has 51 heavy (non-hydrogen) atoms. The number of nitrogens with zero attached hydrogens (tertiary/aromatic N) is 6. The Kier molecular flexibility index (Phi) is 8.66. The number of fused-ring (bicyclic) bond motifs is 2. The first-order valence-corrected chi connectivity index (χ1v) is 18.2. The molecule has 0 aliphatic rings. The van der Waals surface area contributed by atoms with Crippen LogP contribution in [0.2, 0.25) is 0 Å². The fourth-order valence-corrected chi connectivity index (χ4v) is 7.23. The van der Waals surface area contributed by atoms with E-state index in [1.807, 2.05) is 0 Å². The number of carbonyl (C=O) groups is 1. The SMILES string of the molecule is Nc1nc(Nc2ccc(N=Nc3cc(S(=O)(=O)O)c4cccc(S(=O)(=O)O)c4c3)c3cccc(S(=O)(=O)O)c23)nc(-[n+]2cccc(C(=O)[O-])c2)n1. The molecule has 0 amide bonds. The van der Waals surface area contributed by atoms with Gasteiger partial charge in [0.15, 0.2) is 0 Å². The monoisotopic (exact) mass is 752 g/mol. The summed E-state index contributed by atoms with van der Waals surface area (Å²) in [5, 5.41) is 21.6. The van der Waals surface area contributed by atoms with Gasteiger partial charge >= 0.3 is 17.8 Å². The first-order chi connectivity index (χ1) is 23.9. The van der Waals surface area contributed by atoms with E-state index >= 15 is 0 Å². The molecule has 0 unspecified atom stereocenters. The Morgan fingerprint density at radius 2 is 1.41 bits per heavy atom. The first kappa shape index (κ1) is 34.8. The number of nitrogens with one attached hydrogen (secondary N) is 1. The molecule has 4 aromatic carbocycles. The summed E-state index contributed by atoms with van der Waals surface area (Å²) in [4.78, 5) is 21.6. The van der Waals surface area contributed by atoms with Crippen molar-refractivity contribution in [3.63, 3.8) is 0 Å². The Morgan fingerprint density at radius 3 is 2.08 bits per heavy atom. The highest BCUT2D eigenvalue weighted by Crippen LogP contribution is 2.39. The minimum absolute atomic E-state index is 0.000582. The summed E-state index contributed by atoms with van der Waals surface area (Å²) in [6, 6.07) is 14.5. The number of nitrogen functional groups attached to an aromatic ring is 1. The number of rotatable bonds is 9. The molecule has 0 fully saturated rings. The molecule has 2 heterocycles. The second-order valence-corrected chi connectivity index (χ2v) is 14.6. The van der Waals surface area contributed by atoms with Crippen LogP contribution in [0.25, 0.3) is 27.5 Å². The summed E-state index contributed by atoms with van der Waals surface area (Å²) in [6.07, 6.45) is 2.59. The van der Waals surface area contributed by atoms with Gasteiger partial charge in [0.2, 0.25) is 0 Å². The number of pyridine rings is 1. The molecule has 0 aliphatic carbocycles. The van der Waals surface area contributed by atoms with Crippen LogP contribution in [0.3, 0.4) is 0 Å². The molecule has 6 N–H and O–H groups in total. The highest BCUT2D eigenvalue weighted by molar-refractivity contribution is 7.86. The lowest BCUT2D eigenvalue weighted by molar-refractivity contribution is -0.603. The molecule has 0 saturated heterocycles. The predicted molar refractivity (Wildman–Crippen MR) is 175 cm³/mol. The minimum atomic E-state index is -4.96. The number of hydrogen-bond acceptors (Lipinski definition) is 15. The Balaban J connectivity index is 1.49. The lowest BCUT2D eigenvalue weighted by Crippen LogP contribution is -2.36. The van der Waals surface area contributed by atoms with Crippen LogP contribution in [0.4, 0.5) is 29.0 Å². The topological polar surface area (TPSA) is 309 Å².